The van der Waals surface area contributed by atoms with Gasteiger partial charge in [0, 0.05) is 0 Å². The van der Waals surface area contributed by atoms with Crippen LogP contribution in [0, 0.1) is 0 Å². The number of hydrogen-bond donors (Lipinski definition) is 0. The molecule has 1 aliphatic rings. The topological polar surface area (TPSA) is 3.24 Å². The van der Waals surface area contributed by atoms with Gasteiger partial charge in [-0.25, -0.2) is 0 Å². The summed E-state index contributed by atoms with van der Waals surface area (Å²) in [5.41, 5.74) is 0. The molecule has 2 aromatic rings. The Labute approximate surface area is 111 Å². The van der Waals surface area contributed by atoms with Crippen LogP contribution in [0.15, 0.2) is 60.7 Å². The summed E-state index contributed by atoms with van der Waals surface area (Å²) in [6, 6.07) is 22.2. The van der Waals surface area contributed by atoms with Crippen molar-refractivity contribution in [2.45, 2.75) is 12.8 Å². The second-order valence-corrected chi connectivity index (χ2v) is 7.84. The maximum absolute atomic E-state index is 2.74. The van der Waals surface area contributed by atoms with Gasteiger partial charge in [0.25, 0.3) is 0 Å². The summed E-state index contributed by atoms with van der Waals surface area (Å²) in [6.07, 6.45) is 2.73. The lowest BCUT2D eigenvalue weighted by atomic mass is 10.4. The van der Waals surface area contributed by atoms with E-state index in [4.69, 9.17) is 0 Å². The number of nitrogens with zero attached hydrogens (tertiary/aromatic N) is 1. The van der Waals surface area contributed by atoms with Crippen molar-refractivity contribution in [3.05, 3.63) is 60.7 Å². The Kier molecular flexibility index (Phi) is 3.58. The molecule has 18 heavy (non-hydrogen) atoms. The first-order valence-corrected chi connectivity index (χ1v) is 8.46. The van der Waals surface area contributed by atoms with Gasteiger partial charge in [-0.15, -0.1) is 0 Å². The molecular weight excluding hydrogens is 234 g/mol. The highest BCUT2D eigenvalue weighted by molar-refractivity contribution is 6.82. The average molecular weight is 253 g/mol. The SMILES string of the molecule is c1ccc([SiH](c2ccccc2)N2CCCC2)cc1. The summed E-state index contributed by atoms with van der Waals surface area (Å²) >= 11 is 0. The Morgan fingerprint density at radius 1 is 0.667 bits per heavy atom. The van der Waals surface area contributed by atoms with E-state index in [0.29, 0.717) is 0 Å². The van der Waals surface area contributed by atoms with Crippen molar-refractivity contribution in [2.75, 3.05) is 13.1 Å². The predicted octanol–water partition coefficient (Wildman–Crippen LogP) is 1.62. The lowest BCUT2D eigenvalue weighted by Crippen LogP contribution is -2.55. The van der Waals surface area contributed by atoms with E-state index in [1.165, 1.54) is 25.9 Å². The molecule has 1 fully saturated rings. The highest BCUT2D eigenvalue weighted by atomic mass is 28.3. The molecule has 0 radical (unpaired) electrons. The van der Waals surface area contributed by atoms with Crippen LogP contribution in [0.4, 0.5) is 0 Å². The van der Waals surface area contributed by atoms with Crippen LogP contribution in [-0.4, -0.2) is 26.6 Å². The molecule has 0 N–H and O–H groups in total. The van der Waals surface area contributed by atoms with Crippen LogP contribution in [0.1, 0.15) is 12.8 Å². The van der Waals surface area contributed by atoms with Crippen LogP contribution in [0.25, 0.3) is 0 Å². The number of rotatable bonds is 3. The number of benzene rings is 2. The van der Waals surface area contributed by atoms with E-state index >= 15 is 0 Å². The summed E-state index contributed by atoms with van der Waals surface area (Å²) in [4.78, 5) is 0. The summed E-state index contributed by atoms with van der Waals surface area (Å²) < 4.78 is 2.74. The first-order valence-electron chi connectivity index (χ1n) is 6.79. The molecule has 0 bridgehead atoms. The fourth-order valence-corrected chi connectivity index (χ4v) is 6.17. The minimum Gasteiger partial charge on any atom is -0.319 e. The molecule has 2 heteroatoms. The molecule has 0 spiro atoms. The zero-order chi connectivity index (χ0) is 12.2. The second kappa shape index (κ2) is 5.51. The van der Waals surface area contributed by atoms with E-state index in [9.17, 15) is 0 Å². The fraction of sp³-hybridized carbons (Fsp3) is 0.250. The zero-order valence-electron chi connectivity index (χ0n) is 10.6. The summed E-state index contributed by atoms with van der Waals surface area (Å²) in [5, 5.41) is 3.09. The van der Waals surface area contributed by atoms with Crippen molar-refractivity contribution in [2.24, 2.45) is 0 Å². The Balaban J connectivity index is 1.98. The summed E-state index contributed by atoms with van der Waals surface area (Å²) in [5.74, 6) is 0. The largest absolute Gasteiger partial charge is 0.319 e. The Morgan fingerprint density at radius 2 is 1.11 bits per heavy atom. The molecular formula is C16H19NSi. The Hall–Kier alpha value is -1.38. The van der Waals surface area contributed by atoms with Gasteiger partial charge < -0.3 is 4.57 Å². The van der Waals surface area contributed by atoms with Crippen LogP contribution in [0.2, 0.25) is 0 Å². The van der Waals surface area contributed by atoms with Gasteiger partial charge in [-0.05, 0) is 36.3 Å². The maximum atomic E-state index is 2.74. The fourth-order valence-electron chi connectivity index (χ4n) is 2.88. The molecule has 2 aromatic carbocycles. The first kappa shape index (κ1) is 11.7. The molecule has 0 amide bonds. The molecule has 0 aromatic heterocycles. The highest BCUT2D eigenvalue weighted by Crippen LogP contribution is 2.10. The molecule has 3 rings (SSSR count). The van der Waals surface area contributed by atoms with Crippen LogP contribution in [0.5, 0.6) is 0 Å². The van der Waals surface area contributed by atoms with Crippen molar-refractivity contribution in [1.29, 1.82) is 0 Å². The average Bonchev–Trinajstić information content (AvgIpc) is 2.95. The summed E-state index contributed by atoms with van der Waals surface area (Å²) in [6.45, 7) is 2.56. The molecule has 92 valence electrons. The third-order valence-electron chi connectivity index (χ3n) is 3.74. The monoisotopic (exact) mass is 253 g/mol. The third-order valence-corrected chi connectivity index (χ3v) is 7.02. The predicted molar refractivity (Wildman–Crippen MR) is 80.1 cm³/mol. The van der Waals surface area contributed by atoms with E-state index in [-0.39, 0.29) is 0 Å². The molecule has 0 aliphatic carbocycles. The molecule has 0 saturated carbocycles. The smallest absolute Gasteiger partial charge is 0.175 e. The lowest BCUT2D eigenvalue weighted by molar-refractivity contribution is 0.548. The van der Waals surface area contributed by atoms with E-state index < -0.39 is 8.96 Å². The second-order valence-electron chi connectivity index (χ2n) is 4.97. The van der Waals surface area contributed by atoms with Crippen LogP contribution >= 0.6 is 0 Å². The molecule has 1 nitrogen and oxygen atoms in total. The maximum Gasteiger partial charge on any atom is 0.175 e. The van der Waals surface area contributed by atoms with E-state index in [0.717, 1.165) is 0 Å². The van der Waals surface area contributed by atoms with Crippen LogP contribution in [-0.2, 0) is 0 Å². The van der Waals surface area contributed by atoms with Gasteiger partial charge in [0.05, 0.1) is 0 Å². The standard InChI is InChI=1S/C16H19NSi/c1-3-9-15(10-4-1)18(17-13-7-8-14-17)16-11-5-2-6-12-16/h1-6,9-12,18H,7-8,13-14H2. The Bertz CT molecular complexity index is 437. The summed E-state index contributed by atoms with van der Waals surface area (Å²) in [7, 11) is -1.17. The van der Waals surface area contributed by atoms with Gasteiger partial charge in [-0.1, -0.05) is 60.7 Å². The van der Waals surface area contributed by atoms with E-state index in [1.807, 2.05) is 0 Å². The quantitative estimate of drug-likeness (QED) is 0.752. The van der Waals surface area contributed by atoms with Crippen LogP contribution < -0.4 is 10.4 Å². The Morgan fingerprint density at radius 3 is 1.56 bits per heavy atom. The zero-order valence-corrected chi connectivity index (χ0v) is 11.8. The van der Waals surface area contributed by atoms with E-state index in [1.54, 1.807) is 10.4 Å². The first-order chi connectivity index (χ1) is 8.95. The third kappa shape index (κ3) is 2.40. The minimum absolute atomic E-state index is 1.17. The lowest BCUT2D eigenvalue weighted by Gasteiger charge is -2.26. The van der Waals surface area contributed by atoms with E-state index in [2.05, 4.69) is 65.2 Å². The molecule has 1 heterocycles. The highest BCUT2D eigenvalue weighted by Gasteiger charge is 2.26. The molecule has 1 saturated heterocycles. The normalized spacial score (nSPS) is 16.3. The molecule has 0 unspecified atom stereocenters. The van der Waals surface area contributed by atoms with Gasteiger partial charge >= 0.3 is 0 Å². The molecule has 1 aliphatic heterocycles. The van der Waals surface area contributed by atoms with Crippen molar-refractivity contribution in [1.82, 2.24) is 4.57 Å². The number of hydrogen-bond acceptors (Lipinski definition) is 1. The van der Waals surface area contributed by atoms with Crippen molar-refractivity contribution in [3.63, 3.8) is 0 Å². The van der Waals surface area contributed by atoms with Gasteiger partial charge in [0.1, 0.15) is 0 Å². The van der Waals surface area contributed by atoms with Gasteiger partial charge in [0.2, 0.25) is 0 Å². The van der Waals surface area contributed by atoms with Crippen molar-refractivity contribution >= 4 is 19.3 Å². The van der Waals surface area contributed by atoms with Crippen molar-refractivity contribution < 1.29 is 0 Å². The van der Waals surface area contributed by atoms with Gasteiger partial charge in [-0.3, -0.25) is 0 Å². The van der Waals surface area contributed by atoms with Gasteiger partial charge in [0.15, 0.2) is 8.96 Å². The van der Waals surface area contributed by atoms with Crippen LogP contribution in [0.3, 0.4) is 0 Å². The minimum atomic E-state index is -1.17. The molecule has 0 atom stereocenters. The van der Waals surface area contributed by atoms with Crippen molar-refractivity contribution in [3.8, 4) is 0 Å². The van der Waals surface area contributed by atoms with Gasteiger partial charge in [-0.2, -0.15) is 0 Å².